The zero-order valence-corrected chi connectivity index (χ0v) is 11.2. The van der Waals surface area contributed by atoms with Crippen LogP contribution in [0.1, 0.15) is 16.1 Å². The highest BCUT2D eigenvalue weighted by Gasteiger charge is 2.13. The third-order valence-corrected chi connectivity index (χ3v) is 3.08. The first kappa shape index (κ1) is 13.0. The van der Waals surface area contributed by atoms with Crippen LogP contribution >= 0.6 is 0 Å². The van der Waals surface area contributed by atoms with E-state index in [1.54, 1.807) is 18.2 Å². The summed E-state index contributed by atoms with van der Waals surface area (Å²) in [6.45, 7) is 0. The van der Waals surface area contributed by atoms with E-state index < -0.39 is 0 Å². The zero-order valence-electron chi connectivity index (χ0n) is 11.2. The van der Waals surface area contributed by atoms with Gasteiger partial charge in [-0.1, -0.05) is 60.7 Å². The van der Waals surface area contributed by atoms with Crippen LogP contribution in [0.2, 0.25) is 0 Å². The molecule has 4 nitrogen and oxygen atoms in total. The fourth-order valence-electron chi connectivity index (χ4n) is 2.08. The molecule has 1 heterocycles. The first-order valence-corrected chi connectivity index (χ1v) is 6.54. The Balaban J connectivity index is 2.05. The fourth-order valence-corrected chi connectivity index (χ4v) is 2.08. The summed E-state index contributed by atoms with van der Waals surface area (Å²) in [6, 6.07) is 20.2. The molecular weight excluding hydrogens is 262 g/mol. The summed E-state index contributed by atoms with van der Waals surface area (Å²) in [7, 11) is 0. The number of aromatic nitrogens is 2. The van der Waals surface area contributed by atoms with Gasteiger partial charge >= 0.3 is 0 Å². The normalized spacial score (nSPS) is 10.3. The summed E-state index contributed by atoms with van der Waals surface area (Å²) >= 11 is 0. The molecule has 3 aromatic rings. The molecule has 0 fully saturated rings. The molecule has 102 valence electrons. The van der Waals surface area contributed by atoms with Gasteiger partial charge in [-0.15, -0.1) is 0 Å². The highest BCUT2D eigenvalue weighted by atomic mass is 16.1. The highest BCUT2D eigenvalue weighted by Crippen LogP contribution is 2.19. The van der Waals surface area contributed by atoms with E-state index in [1.807, 2.05) is 48.5 Å². The largest absolute Gasteiger partial charge is 0.368 e. The maximum absolute atomic E-state index is 12.4. The zero-order chi connectivity index (χ0) is 14.7. The fraction of sp³-hybridized carbons (Fsp3) is 0. The van der Waals surface area contributed by atoms with Gasteiger partial charge < -0.3 is 5.73 Å². The quantitative estimate of drug-likeness (QED) is 0.746. The van der Waals surface area contributed by atoms with Crippen LogP contribution in [0.3, 0.4) is 0 Å². The number of anilines is 1. The van der Waals surface area contributed by atoms with E-state index in [0.29, 0.717) is 17.0 Å². The summed E-state index contributed by atoms with van der Waals surface area (Å²) in [5.41, 5.74) is 8.15. The maximum Gasteiger partial charge on any atom is 0.221 e. The van der Waals surface area contributed by atoms with Crippen molar-refractivity contribution in [3.63, 3.8) is 0 Å². The van der Waals surface area contributed by atoms with E-state index in [0.717, 1.165) is 5.56 Å². The molecule has 3 rings (SSSR count). The summed E-state index contributed by atoms with van der Waals surface area (Å²) < 4.78 is 0. The number of rotatable bonds is 3. The molecule has 2 aromatic carbocycles. The lowest BCUT2D eigenvalue weighted by Crippen LogP contribution is -2.08. The standard InChI is InChI=1S/C17H13N3O/c18-17-19-14(12-7-3-1-4-8-12)11-15(20-17)16(21)13-9-5-2-6-10-13/h1-11H,(H2,18,19,20). The number of nitrogens with zero attached hydrogens (tertiary/aromatic N) is 2. The lowest BCUT2D eigenvalue weighted by atomic mass is 10.1. The van der Waals surface area contributed by atoms with E-state index in [2.05, 4.69) is 9.97 Å². The smallest absolute Gasteiger partial charge is 0.221 e. The number of nitrogen functional groups attached to an aromatic ring is 1. The molecule has 0 bridgehead atoms. The molecule has 0 amide bonds. The van der Waals surface area contributed by atoms with Gasteiger partial charge in [-0.2, -0.15) is 0 Å². The Kier molecular flexibility index (Phi) is 3.43. The van der Waals surface area contributed by atoms with Crippen LogP contribution in [0.4, 0.5) is 5.95 Å². The second-order valence-corrected chi connectivity index (χ2v) is 4.56. The van der Waals surface area contributed by atoms with Gasteiger partial charge in [0.15, 0.2) is 0 Å². The van der Waals surface area contributed by atoms with Gasteiger partial charge in [0.1, 0.15) is 5.69 Å². The first-order chi connectivity index (χ1) is 10.2. The summed E-state index contributed by atoms with van der Waals surface area (Å²) in [5.74, 6) is -0.0717. The second kappa shape index (κ2) is 5.54. The molecule has 2 N–H and O–H groups in total. The Morgan fingerprint density at radius 1 is 0.857 bits per heavy atom. The maximum atomic E-state index is 12.4. The van der Waals surface area contributed by atoms with E-state index in [9.17, 15) is 4.79 Å². The molecular formula is C17H13N3O. The van der Waals surface area contributed by atoms with Crippen molar-refractivity contribution in [3.8, 4) is 11.3 Å². The molecule has 0 aliphatic carbocycles. The Labute approximate surface area is 122 Å². The summed E-state index contributed by atoms with van der Waals surface area (Å²) in [4.78, 5) is 20.7. The van der Waals surface area contributed by atoms with E-state index in [4.69, 9.17) is 5.73 Å². The molecule has 1 aromatic heterocycles. The van der Waals surface area contributed by atoms with Crippen LogP contribution in [-0.4, -0.2) is 15.8 Å². The topological polar surface area (TPSA) is 68.9 Å². The SMILES string of the molecule is Nc1nc(C(=O)c2ccccc2)cc(-c2ccccc2)n1. The number of carbonyl (C=O) groups is 1. The van der Waals surface area contributed by atoms with E-state index in [-0.39, 0.29) is 11.7 Å². The lowest BCUT2D eigenvalue weighted by molar-refractivity contribution is 0.103. The van der Waals surface area contributed by atoms with Crippen LogP contribution in [-0.2, 0) is 0 Å². The average Bonchev–Trinajstić information content (AvgIpc) is 2.55. The lowest BCUT2D eigenvalue weighted by Gasteiger charge is -2.05. The third kappa shape index (κ3) is 2.79. The first-order valence-electron chi connectivity index (χ1n) is 6.54. The third-order valence-electron chi connectivity index (χ3n) is 3.08. The Hall–Kier alpha value is -3.01. The minimum atomic E-state index is -0.165. The minimum absolute atomic E-state index is 0.0932. The molecule has 0 aliphatic rings. The van der Waals surface area contributed by atoms with Gasteiger partial charge in [0.05, 0.1) is 5.69 Å². The van der Waals surface area contributed by atoms with Crippen LogP contribution in [0.25, 0.3) is 11.3 Å². The molecule has 0 saturated carbocycles. The van der Waals surface area contributed by atoms with Crippen molar-refractivity contribution in [1.82, 2.24) is 9.97 Å². The van der Waals surface area contributed by atoms with E-state index in [1.165, 1.54) is 0 Å². The van der Waals surface area contributed by atoms with E-state index >= 15 is 0 Å². The molecule has 0 radical (unpaired) electrons. The molecule has 0 saturated heterocycles. The number of benzene rings is 2. The molecule has 4 heteroatoms. The molecule has 0 aliphatic heterocycles. The number of hydrogen-bond donors (Lipinski definition) is 1. The van der Waals surface area contributed by atoms with Gasteiger partial charge in [-0.25, -0.2) is 9.97 Å². The number of ketones is 1. The molecule has 0 unspecified atom stereocenters. The summed E-state index contributed by atoms with van der Waals surface area (Å²) in [5, 5.41) is 0. The van der Waals surface area contributed by atoms with Gasteiger partial charge in [0.2, 0.25) is 11.7 Å². The van der Waals surface area contributed by atoms with Crippen molar-refractivity contribution < 1.29 is 4.79 Å². The average molecular weight is 275 g/mol. The Bertz CT molecular complexity index is 771. The minimum Gasteiger partial charge on any atom is -0.368 e. The van der Waals surface area contributed by atoms with Crippen LogP contribution in [0.15, 0.2) is 66.7 Å². The Morgan fingerprint density at radius 3 is 2.14 bits per heavy atom. The van der Waals surface area contributed by atoms with Crippen molar-refractivity contribution in [2.24, 2.45) is 0 Å². The van der Waals surface area contributed by atoms with Crippen LogP contribution < -0.4 is 5.73 Å². The van der Waals surface area contributed by atoms with Crippen LogP contribution in [0.5, 0.6) is 0 Å². The van der Waals surface area contributed by atoms with Gasteiger partial charge in [-0.05, 0) is 6.07 Å². The molecule has 21 heavy (non-hydrogen) atoms. The van der Waals surface area contributed by atoms with Gasteiger partial charge in [0.25, 0.3) is 0 Å². The summed E-state index contributed by atoms with van der Waals surface area (Å²) in [6.07, 6.45) is 0. The van der Waals surface area contributed by atoms with Crippen molar-refractivity contribution >= 4 is 11.7 Å². The number of carbonyl (C=O) groups excluding carboxylic acids is 1. The number of nitrogens with two attached hydrogens (primary N) is 1. The van der Waals surface area contributed by atoms with Crippen molar-refractivity contribution in [3.05, 3.63) is 78.0 Å². The molecule has 0 spiro atoms. The highest BCUT2D eigenvalue weighted by molar-refractivity contribution is 6.08. The molecule has 0 atom stereocenters. The second-order valence-electron chi connectivity index (χ2n) is 4.56. The van der Waals surface area contributed by atoms with Gasteiger partial charge in [-0.3, -0.25) is 4.79 Å². The predicted octanol–water partition coefficient (Wildman–Crippen LogP) is 2.96. The van der Waals surface area contributed by atoms with Crippen molar-refractivity contribution in [2.75, 3.05) is 5.73 Å². The van der Waals surface area contributed by atoms with Gasteiger partial charge in [0, 0.05) is 11.1 Å². The Morgan fingerprint density at radius 2 is 1.48 bits per heavy atom. The predicted molar refractivity (Wildman–Crippen MR) is 81.8 cm³/mol. The number of hydrogen-bond acceptors (Lipinski definition) is 4. The van der Waals surface area contributed by atoms with Crippen molar-refractivity contribution in [1.29, 1.82) is 0 Å². The monoisotopic (exact) mass is 275 g/mol. The van der Waals surface area contributed by atoms with Crippen LogP contribution in [0, 0.1) is 0 Å². The van der Waals surface area contributed by atoms with Crippen molar-refractivity contribution in [2.45, 2.75) is 0 Å².